The minimum Gasteiger partial charge on any atom is -0.376 e. The van der Waals surface area contributed by atoms with Crippen LogP contribution in [-0.4, -0.2) is 36.8 Å². The molecule has 0 saturated carbocycles. The van der Waals surface area contributed by atoms with E-state index in [2.05, 4.69) is 32.9 Å². The van der Waals surface area contributed by atoms with E-state index in [0.29, 0.717) is 25.6 Å². The third-order valence-corrected chi connectivity index (χ3v) is 2.98. The number of aromatic nitrogens is 1. The van der Waals surface area contributed by atoms with Crippen molar-refractivity contribution in [2.75, 3.05) is 25.1 Å². The Labute approximate surface area is 113 Å². The van der Waals surface area contributed by atoms with Crippen LogP contribution in [0.1, 0.15) is 5.56 Å². The van der Waals surface area contributed by atoms with Crippen molar-refractivity contribution in [2.45, 2.75) is 13.0 Å². The van der Waals surface area contributed by atoms with Crippen molar-refractivity contribution < 1.29 is 14.3 Å². The Hall–Kier alpha value is -0.730. The molecule has 1 N–H and O–H groups in total. The number of carbonyl (C=O) groups excluding carboxylic acids is 1. The molecular weight excluding hydrogens is 335 g/mol. The molecule has 0 aliphatic carbocycles. The number of amides is 1. The summed E-state index contributed by atoms with van der Waals surface area (Å²) >= 11 is 2.18. The molecule has 2 rings (SSSR count). The molecule has 92 valence electrons. The van der Waals surface area contributed by atoms with Gasteiger partial charge in [0, 0.05) is 9.77 Å². The summed E-state index contributed by atoms with van der Waals surface area (Å²) in [6.07, 6.45) is 1.17. The lowest BCUT2D eigenvalue weighted by Crippen LogP contribution is -2.39. The average Bonchev–Trinajstić information content (AvgIpc) is 2.34. The molecule has 1 fully saturated rings. The number of hydrogen-bond acceptors (Lipinski definition) is 4. The zero-order valence-electron chi connectivity index (χ0n) is 9.40. The number of nitrogens with zero attached hydrogens (tertiary/aromatic N) is 1. The lowest BCUT2D eigenvalue weighted by Gasteiger charge is -2.22. The molecule has 0 radical (unpaired) electrons. The van der Waals surface area contributed by atoms with Crippen LogP contribution < -0.4 is 5.32 Å². The van der Waals surface area contributed by atoms with Gasteiger partial charge in [-0.2, -0.15) is 0 Å². The van der Waals surface area contributed by atoms with Gasteiger partial charge >= 0.3 is 0 Å². The van der Waals surface area contributed by atoms with Crippen LogP contribution in [0.2, 0.25) is 0 Å². The molecule has 0 bridgehead atoms. The highest BCUT2D eigenvalue weighted by atomic mass is 127. The van der Waals surface area contributed by atoms with E-state index < -0.39 is 6.10 Å². The Morgan fingerprint density at radius 3 is 3.06 bits per heavy atom. The number of halogens is 1. The van der Waals surface area contributed by atoms with Crippen LogP contribution in [0.5, 0.6) is 0 Å². The summed E-state index contributed by atoms with van der Waals surface area (Å²) in [6.45, 7) is 3.21. The second kappa shape index (κ2) is 5.74. The van der Waals surface area contributed by atoms with Crippen molar-refractivity contribution in [1.82, 2.24) is 4.98 Å². The van der Waals surface area contributed by atoms with E-state index in [0.717, 1.165) is 9.13 Å². The number of pyridine rings is 1. The molecule has 0 aromatic carbocycles. The highest BCUT2D eigenvalue weighted by Gasteiger charge is 2.23. The zero-order valence-corrected chi connectivity index (χ0v) is 11.6. The number of aryl methyl sites for hydroxylation is 1. The zero-order chi connectivity index (χ0) is 12.3. The monoisotopic (exact) mass is 348 g/mol. The molecule has 1 aromatic rings. The molecule has 0 spiro atoms. The van der Waals surface area contributed by atoms with Crippen molar-refractivity contribution in [2.24, 2.45) is 0 Å². The maximum atomic E-state index is 11.8. The lowest BCUT2D eigenvalue weighted by molar-refractivity contribution is -0.142. The molecule has 1 aromatic heterocycles. The summed E-state index contributed by atoms with van der Waals surface area (Å²) in [7, 11) is 0. The highest BCUT2D eigenvalue weighted by Crippen LogP contribution is 2.15. The van der Waals surface area contributed by atoms with Crippen LogP contribution in [-0.2, 0) is 14.3 Å². The fourth-order valence-corrected chi connectivity index (χ4v) is 2.11. The summed E-state index contributed by atoms with van der Waals surface area (Å²) in [4.78, 5) is 16.0. The van der Waals surface area contributed by atoms with Gasteiger partial charge in [0.25, 0.3) is 5.91 Å². The molecule has 6 heteroatoms. The van der Waals surface area contributed by atoms with E-state index in [4.69, 9.17) is 9.47 Å². The van der Waals surface area contributed by atoms with Crippen LogP contribution >= 0.6 is 22.6 Å². The summed E-state index contributed by atoms with van der Waals surface area (Å²) < 4.78 is 11.5. The van der Waals surface area contributed by atoms with Gasteiger partial charge in [-0.1, -0.05) is 0 Å². The van der Waals surface area contributed by atoms with Crippen molar-refractivity contribution >= 4 is 34.3 Å². The van der Waals surface area contributed by atoms with Gasteiger partial charge in [0.05, 0.1) is 19.8 Å². The largest absolute Gasteiger partial charge is 0.376 e. The van der Waals surface area contributed by atoms with E-state index in [9.17, 15) is 4.79 Å². The Morgan fingerprint density at radius 1 is 1.59 bits per heavy atom. The number of hydrogen-bond donors (Lipinski definition) is 1. The minimum absolute atomic E-state index is 0.207. The van der Waals surface area contributed by atoms with Gasteiger partial charge in [-0.05, 0) is 41.1 Å². The second-order valence-electron chi connectivity index (χ2n) is 3.74. The summed E-state index contributed by atoms with van der Waals surface area (Å²) in [5.74, 6) is 0.367. The highest BCUT2D eigenvalue weighted by molar-refractivity contribution is 14.1. The van der Waals surface area contributed by atoms with Gasteiger partial charge in [0.2, 0.25) is 0 Å². The third kappa shape index (κ3) is 3.36. The molecular formula is C11H13IN2O3. The molecule has 1 unspecified atom stereocenters. The molecule has 2 heterocycles. The van der Waals surface area contributed by atoms with E-state index in [1.54, 1.807) is 6.20 Å². The predicted molar refractivity (Wildman–Crippen MR) is 70.9 cm³/mol. The second-order valence-corrected chi connectivity index (χ2v) is 4.99. The predicted octanol–water partition coefficient (Wildman–Crippen LogP) is 1.35. The summed E-state index contributed by atoms with van der Waals surface area (Å²) in [5.41, 5.74) is 0.932. The van der Waals surface area contributed by atoms with Gasteiger partial charge < -0.3 is 14.8 Å². The van der Waals surface area contributed by atoms with Crippen LogP contribution in [0.25, 0.3) is 0 Å². The molecule has 1 amide bonds. The molecule has 1 aliphatic rings. The number of rotatable bonds is 2. The fourth-order valence-electron chi connectivity index (χ4n) is 1.51. The normalized spacial score (nSPS) is 20.0. The van der Waals surface area contributed by atoms with Gasteiger partial charge in [-0.15, -0.1) is 0 Å². The van der Waals surface area contributed by atoms with Crippen molar-refractivity contribution in [1.29, 1.82) is 0 Å². The molecule has 5 nitrogen and oxygen atoms in total. The topological polar surface area (TPSA) is 60.5 Å². The molecule has 17 heavy (non-hydrogen) atoms. The fraction of sp³-hybridized carbons (Fsp3) is 0.455. The van der Waals surface area contributed by atoms with Crippen LogP contribution in [0, 0.1) is 10.5 Å². The quantitative estimate of drug-likeness (QED) is 0.820. The van der Waals surface area contributed by atoms with E-state index in [1.807, 2.05) is 13.0 Å². The lowest BCUT2D eigenvalue weighted by atomic mass is 10.2. The number of anilines is 1. The molecule has 1 aliphatic heterocycles. The van der Waals surface area contributed by atoms with E-state index in [1.165, 1.54) is 0 Å². The number of nitrogens with one attached hydrogen (secondary N) is 1. The van der Waals surface area contributed by atoms with E-state index in [-0.39, 0.29) is 5.91 Å². The number of carbonyl (C=O) groups is 1. The Bertz CT molecular complexity index is 419. The van der Waals surface area contributed by atoms with Gasteiger partial charge in [-0.25, -0.2) is 4.98 Å². The molecule has 1 saturated heterocycles. The van der Waals surface area contributed by atoms with Gasteiger partial charge in [-0.3, -0.25) is 4.79 Å². The van der Waals surface area contributed by atoms with Crippen molar-refractivity contribution in [3.63, 3.8) is 0 Å². The SMILES string of the molecule is Cc1cc(I)cnc1NC(=O)C1COCCO1. The Morgan fingerprint density at radius 2 is 2.41 bits per heavy atom. The molecule has 1 atom stereocenters. The van der Waals surface area contributed by atoms with Crippen LogP contribution in [0.3, 0.4) is 0 Å². The Balaban J connectivity index is 2.02. The summed E-state index contributed by atoms with van der Waals surface area (Å²) in [5, 5.41) is 2.75. The van der Waals surface area contributed by atoms with E-state index >= 15 is 0 Å². The first kappa shape index (κ1) is 12.7. The maximum Gasteiger partial charge on any atom is 0.257 e. The number of ether oxygens (including phenoxy) is 2. The van der Waals surface area contributed by atoms with Gasteiger partial charge in [0.1, 0.15) is 5.82 Å². The summed E-state index contributed by atoms with van der Waals surface area (Å²) in [6, 6.07) is 1.96. The average molecular weight is 348 g/mol. The Kier molecular flexibility index (Phi) is 4.30. The maximum absolute atomic E-state index is 11.8. The third-order valence-electron chi connectivity index (χ3n) is 2.39. The smallest absolute Gasteiger partial charge is 0.257 e. The van der Waals surface area contributed by atoms with Crippen LogP contribution in [0.15, 0.2) is 12.3 Å². The van der Waals surface area contributed by atoms with Crippen molar-refractivity contribution in [3.8, 4) is 0 Å². The first-order chi connectivity index (χ1) is 8.16. The first-order valence-electron chi connectivity index (χ1n) is 5.29. The van der Waals surface area contributed by atoms with Gasteiger partial charge in [0.15, 0.2) is 6.10 Å². The van der Waals surface area contributed by atoms with Crippen LogP contribution in [0.4, 0.5) is 5.82 Å². The standard InChI is InChI=1S/C11H13IN2O3/c1-7-4-8(12)5-13-10(7)14-11(15)9-6-16-2-3-17-9/h4-5,9H,2-3,6H2,1H3,(H,13,14,15). The van der Waals surface area contributed by atoms with Crippen molar-refractivity contribution in [3.05, 3.63) is 21.4 Å². The minimum atomic E-state index is -0.538. The first-order valence-corrected chi connectivity index (χ1v) is 6.37.